The van der Waals surface area contributed by atoms with Crippen LogP contribution in [0.1, 0.15) is 55.0 Å². The topological polar surface area (TPSA) is 59.2 Å². The quantitative estimate of drug-likeness (QED) is 0.638. The number of fused-ring (bicyclic) bond motifs is 1. The molecule has 6 rings (SSSR count). The highest BCUT2D eigenvalue weighted by Crippen LogP contribution is 2.70. The molecule has 0 unspecified atom stereocenters. The van der Waals surface area contributed by atoms with E-state index in [2.05, 4.69) is 22.3 Å². The fourth-order valence-electron chi connectivity index (χ4n) is 6.49. The van der Waals surface area contributed by atoms with Crippen molar-refractivity contribution in [2.24, 2.45) is 23.2 Å². The highest BCUT2D eigenvalue weighted by atomic mass is 19.4. The van der Waals surface area contributed by atoms with E-state index in [0.717, 1.165) is 18.9 Å². The highest BCUT2D eigenvalue weighted by molar-refractivity contribution is 5.83. The van der Waals surface area contributed by atoms with Crippen LogP contribution in [0.2, 0.25) is 0 Å². The predicted molar refractivity (Wildman–Crippen MR) is 106 cm³/mol. The van der Waals surface area contributed by atoms with Crippen LogP contribution in [-0.4, -0.2) is 34.0 Å². The number of alkyl halides is 3. The lowest BCUT2D eigenvalue weighted by Crippen LogP contribution is -2.43. The first-order valence-corrected chi connectivity index (χ1v) is 11.1. The number of piperidine rings is 1. The molecule has 3 aliphatic carbocycles. The van der Waals surface area contributed by atoms with E-state index >= 15 is 0 Å². The molecule has 3 heterocycles. The van der Waals surface area contributed by atoms with Crippen LogP contribution in [0, 0.1) is 30.1 Å². The van der Waals surface area contributed by atoms with Gasteiger partial charge in [-0.1, -0.05) is 17.3 Å². The molecular formula is C23H24F3N3O2. The number of carbonyl (C=O) groups is 1. The third kappa shape index (κ3) is 2.79. The zero-order valence-corrected chi connectivity index (χ0v) is 17.3. The first-order chi connectivity index (χ1) is 14.8. The summed E-state index contributed by atoms with van der Waals surface area (Å²) in [4.78, 5) is 19.4. The van der Waals surface area contributed by atoms with Gasteiger partial charge in [0.15, 0.2) is 0 Å². The molecule has 2 bridgehead atoms. The Balaban J connectivity index is 1.29. The summed E-state index contributed by atoms with van der Waals surface area (Å²) in [7, 11) is 0. The summed E-state index contributed by atoms with van der Waals surface area (Å²) in [6.45, 7) is 2.55. The van der Waals surface area contributed by atoms with Gasteiger partial charge in [-0.2, -0.15) is 13.2 Å². The normalized spacial score (nSPS) is 31.2. The monoisotopic (exact) mass is 431 g/mol. The van der Waals surface area contributed by atoms with E-state index in [1.54, 1.807) is 0 Å². The van der Waals surface area contributed by atoms with Gasteiger partial charge >= 0.3 is 6.18 Å². The van der Waals surface area contributed by atoms with Gasteiger partial charge in [-0.3, -0.25) is 4.79 Å². The number of likely N-dealkylation sites (tertiary alicyclic amines) is 1. The van der Waals surface area contributed by atoms with Crippen molar-refractivity contribution < 1.29 is 22.5 Å². The number of carbonyl (C=O) groups excluding carboxylic acids is 1. The van der Waals surface area contributed by atoms with Crippen LogP contribution in [0.3, 0.4) is 0 Å². The molecule has 1 aliphatic heterocycles. The predicted octanol–water partition coefficient (Wildman–Crippen LogP) is 4.86. The molecule has 4 atom stereocenters. The van der Waals surface area contributed by atoms with E-state index in [4.69, 9.17) is 4.52 Å². The van der Waals surface area contributed by atoms with E-state index in [0.29, 0.717) is 36.8 Å². The summed E-state index contributed by atoms with van der Waals surface area (Å²) in [6.07, 6.45) is 4.75. The van der Waals surface area contributed by atoms with Crippen molar-refractivity contribution in [1.29, 1.82) is 0 Å². The SMILES string of the molecule is Cc1cc(C(F)(F)F)c2c([C@H]3CCCN(C(=O)[C@@H]4C[C@H]5C=C[C@H]4C54CC4)C3)noc2n1. The summed E-state index contributed by atoms with van der Waals surface area (Å²) in [5.74, 6) is 0.747. The van der Waals surface area contributed by atoms with Gasteiger partial charge in [0, 0.05) is 30.6 Å². The highest BCUT2D eigenvalue weighted by Gasteiger charge is 2.64. The second kappa shape index (κ2) is 6.33. The molecule has 8 heteroatoms. The Bertz CT molecular complexity index is 1100. The summed E-state index contributed by atoms with van der Waals surface area (Å²) in [5, 5.41) is 3.95. The van der Waals surface area contributed by atoms with Gasteiger partial charge in [-0.15, -0.1) is 0 Å². The Hall–Kier alpha value is -2.38. The fraction of sp³-hybridized carbons (Fsp3) is 0.609. The number of aryl methyl sites for hydroxylation is 1. The van der Waals surface area contributed by atoms with Crippen molar-refractivity contribution in [3.05, 3.63) is 35.2 Å². The zero-order chi connectivity index (χ0) is 21.5. The number of pyridine rings is 1. The first-order valence-electron chi connectivity index (χ1n) is 11.1. The molecule has 31 heavy (non-hydrogen) atoms. The molecule has 0 radical (unpaired) electrons. The minimum atomic E-state index is -4.52. The number of hydrogen-bond donors (Lipinski definition) is 0. The van der Waals surface area contributed by atoms with E-state index in [-0.39, 0.29) is 40.2 Å². The van der Waals surface area contributed by atoms with Crippen molar-refractivity contribution in [2.45, 2.75) is 51.1 Å². The lowest BCUT2D eigenvalue weighted by Gasteiger charge is -2.35. The van der Waals surface area contributed by atoms with Crippen LogP contribution in [0.15, 0.2) is 22.7 Å². The van der Waals surface area contributed by atoms with Gasteiger partial charge in [0.2, 0.25) is 5.91 Å². The maximum Gasteiger partial charge on any atom is 0.417 e. The second-order valence-electron chi connectivity index (χ2n) is 9.77. The summed E-state index contributed by atoms with van der Waals surface area (Å²) >= 11 is 0. The average molecular weight is 431 g/mol. The number of hydrogen-bond acceptors (Lipinski definition) is 4. The van der Waals surface area contributed by atoms with Crippen molar-refractivity contribution in [2.75, 3.05) is 13.1 Å². The van der Waals surface area contributed by atoms with Crippen LogP contribution in [0.25, 0.3) is 11.1 Å². The van der Waals surface area contributed by atoms with Crippen LogP contribution >= 0.6 is 0 Å². The van der Waals surface area contributed by atoms with E-state index in [9.17, 15) is 18.0 Å². The molecule has 164 valence electrons. The molecule has 0 aromatic carbocycles. The van der Waals surface area contributed by atoms with Crippen molar-refractivity contribution >= 4 is 17.0 Å². The summed E-state index contributed by atoms with van der Waals surface area (Å²) < 4.78 is 46.4. The number of halogens is 3. The lowest BCUT2D eigenvalue weighted by atomic mass is 9.86. The van der Waals surface area contributed by atoms with Gasteiger partial charge in [0.1, 0.15) is 0 Å². The average Bonchev–Trinajstić information content (AvgIpc) is 3.21. The van der Waals surface area contributed by atoms with Gasteiger partial charge in [-0.25, -0.2) is 4.98 Å². The molecule has 0 N–H and O–H groups in total. The molecule has 1 saturated heterocycles. The second-order valence-corrected chi connectivity index (χ2v) is 9.77. The molecule has 3 fully saturated rings. The number of rotatable bonds is 2. The summed E-state index contributed by atoms with van der Waals surface area (Å²) in [6, 6.07) is 1.05. The molecule has 4 aliphatic rings. The number of allylic oxidation sites excluding steroid dienone is 2. The molecule has 2 aromatic rings. The minimum absolute atomic E-state index is 0.0142. The largest absolute Gasteiger partial charge is 0.417 e. The number of aromatic nitrogens is 2. The Morgan fingerprint density at radius 1 is 1.29 bits per heavy atom. The van der Waals surface area contributed by atoms with Crippen LogP contribution in [0.5, 0.6) is 0 Å². The van der Waals surface area contributed by atoms with E-state index < -0.39 is 11.7 Å². The zero-order valence-electron chi connectivity index (χ0n) is 17.3. The van der Waals surface area contributed by atoms with Crippen molar-refractivity contribution in [3.8, 4) is 0 Å². The Labute approximate surface area is 177 Å². The van der Waals surface area contributed by atoms with Gasteiger partial charge < -0.3 is 9.42 Å². The maximum absolute atomic E-state index is 13.7. The smallest absolute Gasteiger partial charge is 0.342 e. The number of nitrogens with zero attached hydrogens (tertiary/aromatic N) is 3. The standard InChI is InChI=1S/C23H24F3N3O2/c1-12-9-17(23(24,25)26)18-19(28-31-20(18)27-12)13-3-2-8-29(11-13)21(30)15-10-14-4-5-16(15)22(14)6-7-22/h4-5,9,13-16H,2-3,6-8,10-11H2,1H3/t13-,14+,15+,16+/m0/s1. The van der Waals surface area contributed by atoms with Gasteiger partial charge in [0.05, 0.1) is 16.6 Å². The third-order valence-electron chi connectivity index (χ3n) is 8.07. The van der Waals surface area contributed by atoms with E-state index in [1.165, 1.54) is 19.8 Å². The van der Waals surface area contributed by atoms with Crippen LogP contribution in [0.4, 0.5) is 13.2 Å². The van der Waals surface area contributed by atoms with E-state index in [1.807, 2.05) is 4.90 Å². The van der Waals surface area contributed by atoms with Gasteiger partial charge in [0.25, 0.3) is 5.71 Å². The third-order valence-corrected chi connectivity index (χ3v) is 8.07. The maximum atomic E-state index is 13.7. The lowest BCUT2D eigenvalue weighted by molar-refractivity contribution is -0.138. The molecule has 5 nitrogen and oxygen atoms in total. The van der Waals surface area contributed by atoms with Gasteiger partial charge in [-0.05, 0) is 62.3 Å². The number of amides is 1. The minimum Gasteiger partial charge on any atom is -0.342 e. The Kier molecular flexibility index (Phi) is 3.94. The first kappa shape index (κ1) is 19.3. The molecule has 2 saturated carbocycles. The van der Waals surface area contributed by atoms with Crippen molar-refractivity contribution in [3.63, 3.8) is 0 Å². The molecular weight excluding hydrogens is 407 g/mol. The Morgan fingerprint density at radius 3 is 2.81 bits per heavy atom. The van der Waals surface area contributed by atoms with Crippen LogP contribution < -0.4 is 0 Å². The molecule has 2 aromatic heterocycles. The Morgan fingerprint density at radius 2 is 2.10 bits per heavy atom. The summed E-state index contributed by atoms with van der Waals surface area (Å²) in [5.41, 5.74) is 0.00614. The fourth-order valence-corrected chi connectivity index (χ4v) is 6.49. The van der Waals surface area contributed by atoms with Crippen molar-refractivity contribution in [1.82, 2.24) is 15.0 Å². The van der Waals surface area contributed by atoms with Crippen LogP contribution in [-0.2, 0) is 11.0 Å². The molecule has 1 amide bonds. The molecule has 1 spiro atoms.